The van der Waals surface area contributed by atoms with Crippen LogP contribution in [0.2, 0.25) is 0 Å². The third-order valence-electron chi connectivity index (χ3n) is 10.3. The molecule has 53 heavy (non-hydrogen) atoms. The summed E-state index contributed by atoms with van der Waals surface area (Å²) < 4.78 is 24.8. The molecular weight excluding hydrogens is 693 g/mol. The lowest BCUT2D eigenvalue weighted by molar-refractivity contribution is 0.106. The monoisotopic (exact) mass is 734 g/mol. The van der Waals surface area contributed by atoms with Crippen LogP contribution >= 0.6 is 23.5 Å². The van der Waals surface area contributed by atoms with Crippen molar-refractivity contribution in [3.05, 3.63) is 168 Å². The topological polar surface area (TPSA) is 36.9 Å². The van der Waals surface area contributed by atoms with Crippen LogP contribution in [-0.4, -0.2) is 61.6 Å². The summed E-state index contributed by atoms with van der Waals surface area (Å²) in [5.74, 6) is 4.11. The van der Waals surface area contributed by atoms with Crippen LogP contribution in [0.1, 0.15) is 22.3 Å². The first-order valence-corrected chi connectivity index (χ1v) is 20.6. The Kier molecular flexibility index (Phi) is 10.0. The van der Waals surface area contributed by atoms with E-state index >= 15 is 0 Å². The highest BCUT2D eigenvalue weighted by Crippen LogP contribution is 2.57. The van der Waals surface area contributed by atoms with Gasteiger partial charge in [0.05, 0.1) is 31.8 Å². The van der Waals surface area contributed by atoms with Gasteiger partial charge in [0.25, 0.3) is 0 Å². The number of ether oxygens (including phenoxy) is 4. The molecule has 4 nitrogen and oxygen atoms in total. The van der Waals surface area contributed by atoms with Gasteiger partial charge in [-0.2, -0.15) is 23.5 Å². The number of rotatable bonds is 16. The number of thioether (sulfide) groups is 2. The van der Waals surface area contributed by atoms with E-state index in [-0.39, 0.29) is 0 Å². The Morgan fingerprint density at radius 2 is 0.868 bits per heavy atom. The number of fused-ring (bicyclic) bond motifs is 3. The molecule has 0 amide bonds. The average Bonchev–Trinajstić information content (AvgIpc) is 4.17. The Hall–Kier alpha value is -4.46. The van der Waals surface area contributed by atoms with Gasteiger partial charge in [-0.3, -0.25) is 0 Å². The molecule has 2 unspecified atom stereocenters. The van der Waals surface area contributed by atoms with E-state index in [0.717, 1.165) is 47.0 Å². The SMILES string of the molecule is c1ccc(-c2cc(C3(c4ccc(OCCOCC5CS5)c(-c5ccccc5)c4)c4ccccc4-c4ccccc43)ccc2OCCOCC2CS2)cc1. The molecule has 0 spiro atoms. The van der Waals surface area contributed by atoms with Crippen LogP contribution in [0.4, 0.5) is 0 Å². The Labute approximate surface area is 320 Å². The molecule has 2 atom stereocenters. The molecule has 0 saturated carbocycles. The summed E-state index contributed by atoms with van der Waals surface area (Å²) in [6.07, 6.45) is 0. The molecule has 0 bridgehead atoms. The van der Waals surface area contributed by atoms with E-state index in [4.69, 9.17) is 18.9 Å². The third kappa shape index (κ3) is 7.14. The van der Waals surface area contributed by atoms with Gasteiger partial charge in [0.15, 0.2) is 0 Å². The first-order chi connectivity index (χ1) is 26.3. The van der Waals surface area contributed by atoms with Gasteiger partial charge in [-0.1, -0.05) is 121 Å². The molecule has 1 aliphatic carbocycles. The Balaban J connectivity index is 1.18. The maximum atomic E-state index is 6.49. The summed E-state index contributed by atoms with van der Waals surface area (Å²) in [5, 5.41) is 1.30. The lowest BCUT2D eigenvalue weighted by Gasteiger charge is -2.35. The summed E-state index contributed by atoms with van der Waals surface area (Å²) in [6.45, 7) is 3.73. The standard InChI is InChI=1S/C47H42O4S2/c1-3-11-33(12-4-1)41-27-35(19-21-45(41)50-25-23-48-29-37-31-52-37)47(43-17-9-7-15-39(43)40-16-8-10-18-44(40)47)36-20-22-46(51-26-24-49-30-38-32-53-38)42(28-36)34-13-5-2-6-14-34/h1-22,27-28,37-38H,23-26,29-32H2. The van der Waals surface area contributed by atoms with Crippen molar-refractivity contribution in [2.24, 2.45) is 0 Å². The van der Waals surface area contributed by atoms with Crippen molar-refractivity contribution in [3.8, 4) is 44.9 Å². The Morgan fingerprint density at radius 1 is 0.453 bits per heavy atom. The van der Waals surface area contributed by atoms with Gasteiger partial charge in [-0.15, -0.1) is 0 Å². The average molecular weight is 735 g/mol. The zero-order chi connectivity index (χ0) is 35.5. The van der Waals surface area contributed by atoms with E-state index in [1.165, 1.54) is 44.9 Å². The van der Waals surface area contributed by atoms with Gasteiger partial charge in [0.2, 0.25) is 0 Å². The minimum absolute atomic E-state index is 0.500. The molecule has 2 fully saturated rings. The highest BCUT2D eigenvalue weighted by Gasteiger charge is 2.46. The third-order valence-corrected chi connectivity index (χ3v) is 12.2. The first-order valence-electron chi connectivity index (χ1n) is 18.5. The van der Waals surface area contributed by atoms with E-state index in [2.05, 4.69) is 146 Å². The fraction of sp³-hybridized carbons (Fsp3) is 0.234. The zero-order valence-electron chi connectivity index (χ0n) is 29.6. The van der Waals surface area contributed by atoms with Crippen LogP contribution in [0.15, 0.2) is 146 Å². The van der Waals surface area contributed by atoms with Crippen molar-refractivity contribution < 1.29 is 18.9 Å². The maximum absolute atomic E-state index is 6.49. The van der Waals surface area contributed by atoms with E-state index in [0.29, 0.717) is 36.9 Å². The van der Waals surface area contributed by atoms with E-state index in [1.54, 1.807) is 0 Å². The molecule has 2 aliphatic heterocycles. The van der Waals surface area contributed by atoms with Crippen LogP contribution in [0.3, 0.4) is 0 Å². The van der Waals surface area contributed by atoms with Crippen LogP contribution in [0, 0.1) is 0 Å². The smallest absolute Gasteiger partial charge is 0.127 e. The maximum Gasteiger partial charge on any atom is 0.127 e. The van der Waals surface area contributed by atoms with Gasteiger partial charge < -0.3 is 18.9 Å². The van der Waals surface area contributed by atoms with Crippen LogP contribution in [0.25, 0.3) is 33.4 Å². The second-order valence-electron chi connectivity index (χ2n) is 13.8. The van der Waals surface area contributed by atoms with Crippen molar-refractivity contribution in [1.82, 2.24) is 0 Å². The molecule has 9 rings (SSSR count). The quantitative estimate of drug-likeness (QED) is 0.0727. The van der Waals surface area contributed by atoms with Crippen molar-refractivity contribution in [2.75, 3.05) is 51.1 Å². The number of hydrogen-bond acceptors (Lipinski definition) is 6. The molecule has 3 aliphatic rings. The highest BCUT2D eigenvalue weighted by molar-refractivity contribution is 8.07. The molecule has 2 saturated heterocycles. The summed E-state index contributed by atoms with van der Waals surface area (Å²) in [4.78, 5) is 0. The molecular formula is C47H42O4S2. The largest absolute Gasteiger partial charge is 0.491 e. The van der Waals surface area contributed by atoms with Gasteiger partial charge in [-0.25, -0.2) is 0 Å². The van der Waals surface area contributed by atoms with Crippen molar-refractivity contribution in [2.45, 2.75) is 15.9 Å². The first kappa shape index (κ1) is 34.3. The van der Waals surface area contributed by atoms with Gasteiger partial charge in [0.1, 0.15) is 24.7 Å². The second-order valence-corrected chi connectivity index (χ2v) is 16.4. The van der Waals surface area contributed by atoms with Gasteiger partial charge >= 0.3 is 0 Å². The molecule has 0 radical (unpaired) electrons. The van der Waals surface area contributed by atoms with E-state index in [9.17, 15) is 0 Å². The fourth-order valence-electron chi connectivity index (χ4n) is 7.67. The lowest BCUT2D eigenvalue weighted by atomic mass is 9.67. The van der Waals surface area contributed by atoms with Crippen molar-refractivity contribution in [3.63, 3.8) is 0 Å². The fourth-order valence-corrected chi connectivity index (χ4v) is 8.52. The van der Waals surface area contributed by atoms with Gasteiger partial charge in [0, 0.05) is 33.1 Å². The van der Waals surface area contributed by atoms with Gasteiger partial charge in [-0.05, 0) is 68.8 Å². The summed E-state index contributed by atoms with van der Waals surface area (Å²) in [6, 6.07) is 52.5. The van der Waals surface area contributed by atoms with Crippen LogP contribution < -0.4 is 9.47 Å². The highest BCUT2D eigenvalue weighted by atomic mass is 32.2. The molecule has 0 aromatic heterocycles. The Bertz CT molecular complexity index is 2020. The molecule has 6 heteroatoms. The van der Waals surface area contributed by atoms with Crippen molar-refractivity contribution >= 4 is 23.5 Å². The second kappa shape index (κ2) is 15.5. The number of benzene rings is 6. The Morgan fingerprint density at radius 3 is 1.30 bits per heavy atom. The van der Waals surface area contributed by atoms with Crippen LogP contribution in [-0.2, 0) is 14.9 Å². The number of hydrogen-bond donors (Lipinski definition) is 0. The molecule has 6 aromatic carbocycles. The van der Waals surface area contributed by atoms with E-state index in [1.807, 2.05) is 23.5 Å². The minimum Gasteiger partial charge on any atom is -0.491 e. The predicted octanol–water partition coefficient (Wildman–Crippen LogP) is 10.4. The molecule has 0 N–H and O–H groups in total. The summed E-state index contributed by atoms with van der Waals surface area (Å²) in [5.41, 5.74) is 11.2. The summed E-state index contributed by atoms with van der Waals surface area (Å²) in [7, 11) is 0. The molecule has 2 heterocycles. The molecule has 266 valence electrons. The van der Waals surface area contributed by atoms with E-state index < -0.39 is 5.41 Å². The molecule has 6 aromatic rings. The van der Waals surface area contributed by atoms with Crippen molar-refractivity contribution in [1.29, 1.82) is 0 Å². The predicted molar refractivity (Wildman–Crippen MR) is 220 cm³/mol. The lowest BCUT2D eigenvalue weighted by Crippen LogP contribution is -2.29. The minimum atomic E-state index is -0.604. The normalized spacial score (nSPS) is 17.5. The summed E-state index contributed by atoms with van der Waals surface area (Å²) >= 11 is 3.91. The van der Waals surface area contributed by atoms with Crippen LogP contribution in [0.5, 0.6) is 11.5 Å². The zero-order valence-corrected chi connectivity index (χ0v) is 31.3.